The molecule has 21 heavy (non-hydrogen) atoms. The number of rotatable bonds is 4. The number of hydrogen-bond donors (Lipinski definition) is 0. The Morgan fingerprint density at radius 1 is 1.24 bits per heavy atom. The van der Waals surface area contributed by atoms with E-state index in [0.29, 0.717) is 31.1 Å². The lowest BCUT2D eigenvalue weighted by atomic mass is 10.1. The van der Waals surface area contributed by atoms with Crippen molar-refractivity contribution in [3.8, 4) is 11.5 Å². The summed E-state index contributed by atoms with van der Waals surface area (Å²) in [7, 11) is 0. The summed E-state index contributed by atoms with van der Waals surface area (Å²) >= 11 is 5.94. The summed E-state index contributed by atoms with van der Waals surface area (Å²) in [6.07, 6.45) is -3.79. The Kier molecular flexibility index (Phi) is 4.95. The summed E-state index contributed by atoms with van der Waals surface area (Å²) in [6.45, 7) is -1.31. The molecule has 0 saturated heterocycles. The molecule has 0 N–H and O–H groups in total. The van der Waals surface area contributed by atoms with Gasteiger partial charge in [0, 0.05) is 18.1 Å². The van der Waals surface area contributed by atoms with Crippen LogP contribution in [-0.2, 0) is 4.74 Å². The van der Waals surface area contributed by atoms with E-state index < -0.39 is 25.2 Å². The first-order chi connectivity index (χ1) is 9.87. The number of fused-ring (bicyclic) bond motifs is 1. The summed E-state index contributed by atoms with van der Waals surface area (Å²) in [5, 5.41) is 0.0832. The fraction of sp³-hybridized carbons (Fsp3) is 0.462. The Bertz CT molecular complexity index is 531. The van der Waals surface area contributed by atoms with E-state index in [-0.39, 0.29) is 10.6 Å². The van der Waals surface area contributed by atoms with Crippen LogP contribution in [0.1, 0.15) is 16.8 Å². The van der Waals surface area contributed by atoms with Gasteiger partial charge >= 0.3 is 6.18 Å². The van der Waals surface area contributed by atoms with Crippen molar-refractivity contribution in [1.29, 1.82) is 0 Å². The molecule has 1 heterocycles. The molecular weight excluding hydrogens is 313 g/mol. The summed E-state index contributed by atoms with van der Waals surface area (Å²) in [5.41, 5.74) is 0.0445. The number of halogens is 4. The normalized spacial score (nSPS) is 14.7. The van der Waals surface area contributed by atoms with Crippen LogP contribution in [0.2, 0.25) is 5.02 Å². The van der Waals surface area contributed by atoms with Crippen molar-refractivity contribution in [2.45, 2.75) is 12.6 Å². The third-order valence-electron chi connectivity index (χ3n) is 2.64. The second kappa shape index (κ2) is 6.53. The van der Waals surface area contributed by atoms with Gasteiger partial charge in [-0.3, -0.25) is 4.79 Å². The van der Waals surface area contributed by atoms with Crippen LogP contribution in [0.5, 0.6) is 11.5 Å². The van der Waals surface area contributed by atoms with Gasteiger partial charge in [0.1, 0.15) is 13.2 Å². The maximum absolute atomic E-state index is 12.0. The highest BCUT2D eigenvalue weighted by atomic mass is 35.5. The van der Waals surface area contributed by atoms with Crippen molar-refractivity contribution >= 4 is 17.4 Å². The third-order valence-corrected chi connectivity index (χ3v) is 2.95. The molecule has 0 aromatic heterocycles. The molecule has 0 fully saturated rings. The Balaban J connectivity index is 2.08. The summed E-state index contributed by atoms with van der Waals surface area (Å²) < 4.78 is 51.0. The van der Waals surface area contributed by atoms with E-state index in [0.717, 1.165) is 0 Å². The average molecular weight is 325 g/mol. The van der Waals surface area contributed by atoms with Crippen molar-refractivity contribution in [1.82, 2.24) is 0 Å². The maximum Gasteiger partial charge on any atom is 0.411 e. The Labute approximate surface area is 123 Å². The van der Waals surface area contributed by atoms with Gasteiger partial charge in [0.05, 0.1) is 18.2 Å². The van der Waals surface area contributed by atoms with E-state index >= 15 is 0 Å². The van der Waals surface area contributed by atoms with Crippen LogP contribution in [-0.4, -0.2) is 38.4 Å². The van der Waals surface area contributed by atoms with E-state index in [1.807, 2.05) is 0 Å². The smallest absolute Gasteiger partial charge is 0.411 e. The first-order valence-electron chi connectivity index (χ1n) is 6.13. The molecule has 1 aliphatic heterocycles. The second-order valence-electron chi connectivity index (χ2n) is 4.36. The van der Waals surface area contributed by atoms with Crippen molar-refractivity contribution in [2.75, 3.05) is 26.4 Å². The molecular formula is C13H12ClF3O4. The zero-order valence-corrected chi connectivity index (χ0v) is 11.6. The number of ether oxygens (including phenoxy) is 3. The van der Waals surface area contributed by atoms with E-state index in [1.54, 1.807) is 0 Å². The Hall–Kier alpha value is -1.47. The number of carbonyl (C=O) groups is 1. The monoisotopic (exact) mass is 324 g/mol. The van der Waals surface area contributed by atoms with Gasteiger partial charge in [-0.25, -0.2) is 0 Å². The highest BCUT2D eigenvalue weighted by Gasteiger charge is 2.28. The van der Waals surface area contributed by atoms with Gasteiger partial charge in [-0.05, 0) is 6.07 Å². The van der Waals surface area contributed by atoms with Crippen LogP contribution >= 0.6 is 11.6 Å². The molecule has 0 bridgehead atoms. The van der Waals surface area contributed by atoms with Crippen molar-refractivity contribution in [2.24, 2.45) is 0 Å². The van der Waals surface area contributed by atoms with Gasteiger partial charge in [-0.2, -0.15) is 13.2 Å². The van der Waals surface area contributed by atoms with Crippen LogP contribution in [0.4, 0.5) is 13.2 Å². The largest absolute Gasteiger partial charge is 0.490 e. The van der Waals surface area contributed by atoms with Crippen LogP contribution in [0.3, 0.4) is 0 Å². The fourth-order valence-corrected chi connectivity index (χ4v) is 1.99. The fourth-order valence-electron chi connectivity index (χ4n) is 1.73. The van der Waals surface area contributed by atoms with Gasteiger partial charge in [0.2, 0.25) is 0 Å². The number of Topliss-reactive ketones (excluding diaryl/α,β-unsaturated/α-hetero) is 1. The van der Waals surface area contributed by atoms with Crippen LogP contribution < -0.4 is 9.47 Å². The number of hydrogen-bond acceptors (Lipinski definition) is 4. The highest BCUT2D eigenvalue weighted by molar-refractivity contribution is 6.34. The number of carbonyl (C=O) groups excluding carboxylic acids is 1. The number of benzene rings is 1. The molecule has 0 radical (unpaired) electrons. The lowest BCUT2D eigenvalue weighted by molar-refractivity contribution is -0.170. The molecule has 2 rings (SSSR count). The topological polar surface area (TPSA) is 44.8 Å². The summed E-state index contributed by atoms with van der Waals surface area (Å²) in [5.74, 6) is 0.0984. The van der Waals surface area contributed by atoms with Crippen LogP contribution in [0, 0.1) is 0 Å². The molecule has 8 heteroatoms. The highest BCUT2D eigenvalue weighted by Crippen LogP contribution is 2.35. The number of ketones is 1. The second-order valence-corrected chi connectivity index (χ2v) is 4.77. The summed E-state index contributed by atoms with van der Waals surface area (Å²) in [6, 6.07) is 2.78. The molecule has 0 amide bonds. The maximum atomic E-state index is 12.0. The quantitative estimate of drug-likeness (QED) is 0.797. The standard InChI is InChI=1S/C13H12ClF3O4/c14-9-5-12-11(20-2-1-3-21-12)4-8(9)10(18)6-19-7-13(15,16)17/h4-5H,1-3,6-7H2. The van der Waals surface area contributed by atoms with Gasteiger partial charge in [0.25, 0.3) is 0 Å². The molecule has 116 valence electrons. The van der Waals surface area contributed by atoms with E-state index in [9.17, 15) is 18.0 Å². The van der Waals surface area contributed by atoms with Crippen molar-refractivity contribution < 1.29 is 32.2 Å². The minimum atomic E-state index is -4.48. The zero-order chi connectivity index (χ0) is 15.5. The molecule has 0 spiro atoms. The lowest BCUT2D eigenvalue weighted by Crippen LogP contribution is -2.20. The first-order valence-corrected chi connectivity index (χ1v) is 6.51. The molecule has 4 nitrogen and oxygen atoms in total. The predicted molar refractivity (Wildman–Crippen MR) is 68.3 cm³/mol. The van der Waals surface area contributed by atoms with Gasteiger partial charge < -0.3 is 14.2 Å². The average Bonchev–Trinajstić information content (AvgIpc) is 2.60. The van der Waals surface area contributed by atoms with Crippen molar-refractivity contribution in [3.63, 3.8) is 0 Å². The third kappa shape index (κ3) is 4.50. The van der Waals surface area contributed by atoms with Crippen LogP contribution in [0.15, 0.2) is 12.1 Å². The number of alkyl halides is 3. The van der Waals surface area contributed by atoms with Gasteiger partial charge in [-0.15, -0.1) is 0 Å². The lowest BCUT2D eigenvalue weighted by Gasteiger charge is -2.11. The van der Waals surface area contributed by atoms with Crippen molar-refractivity contribution in [3.05, 3.63) is 22.7 Å². The molecule has 0 saturated carbocycles. The zero-order valence-electron chi connectivity index (χ0n) is 10.8. The first kappa shape index (κ1) is 15.9. The van der Waals surface area contributed by atoms with Crippen LogP contribution in [0.25, 0.3) is 0 Å². The van der Waals surface area contributed by atoms with E-state index in [4.69, 9.17) is 21.1 Å². The molecule has 1 aromatic carbocycles. The molecule has 0 unspecified atom stereocenters. The minimum Gasteiger partial charge on any atom is -0.490 e. The minimum absolute atomic E-state index is 0.0445. The van der Waals surface area contributed by atoms with Gasteiger partial charge in [0.15, 0.2) is 17.3 Å². The molecule has 1 aromatic rings. The Morgan fingerprint density at radius 3 is 2.48 bits per heavy atom. The van der Waals surface area contributed by atoms with E-state index in [2.05, 4.69) is 4.74 Å². The summed E-state index contributed by atoms with van der Waals surface area (Å²) in [4.78, 5) is 11.8. The molecule has 0 atom stereocenters. The molecule has 0 aliphatic carbocycles. The van der Waals surface area contributed by atoms with E-state index in [1.165, 1.54) is 12.1 Å². The van der Waals surface area contributed by atoms with Gasteiger partial charge in [-0.1, -0.05) is 11.6 Å². The Morgan fingerprint density at radius 2 is 1.86 bits per heavy atom. The molecule has 1 aliphatic rings. The predicted octanol–water partition coefficient (Wildman–Crippen LogP) is 3.26. The SMILES string of the molecule is O=C(COCC(F)(F)F)c1cc2c(cc1Cl)OCCCO2.